The molecule has 4 aliphatic rings. The first-order valence-electron chi connectivity index (χ1n) is 14.5. The zero-order valence-corrected chi connectivity index (χ0v) is 24.3. The second kappa shape index (κ2) is 10.8. The number of para-hydroxylation sites is 2. The molecule has 1 aromatic carbocycles. The van der Waals surface area contributed by atoms with Gasteiger partial charge in [0.15, 0.2) is 0 Å². The molecule has 6 rings (SSSR count). The molecule has 206 valence electrons. The standard InChI is InChI=1S/C37H38N4/c1-6-10-17-25(15-7-2)34-35(39-30(16-8-3)29(9-4)38-34)26-22-23-37(5)28(24-26)27-18-11-13-20-32(27)41-33-21-14-12-19-31(33)40-36(37)41/h6-24,27-28,32,38-39H,3H2,1-2,4-5H3/b10-6-,15-7-,25-17+,29-9+,30-16+. The van der Waals surface area contributed by atoms with Crippen LogP contribution in [0.15, 0.2) is 156 Å². The zero-order valence-electron chi connectivity index (χ0n) is 24.3. The van der Waals surface area contributed by atoms with Crippen molar-refractivity contribution in [1.29, 1.82) is 0 Å². The number of imidazole rings is 1. The van der Waals surface area contributed by atoms with Gasteiger partial charge in [-0.1, -0.05) is 104 Å². The Morgan fingerprint density at radius 1 is 1.05 bits per heavy atom. The van der Waals surface area contributed by atoms with E-state index < -0.39 is 0 Å². The highest BCUT2D eigenvalue weighted by Gasteiger charge is 2.50. The SMILES string of the molecule is C=C/C=C1/NC(C2=CC3C4C=CC=CC4n4c(nc5ccccc54)C3(C)C=C2)=C(C(/C=C\C)=C/C=C\C)N/C1=C/C. The molecule has 0 spiro atoms. The molecule has 4 heteroatoms. The lowest BCUT2D eigenvalue weighted by molar-refractivity contribution is 0.219. The number of benzene rings is 1. The minimum absolute atomic E-state index is 0.217. The van der Waals surface area contributed by atoms with Crippen LogP contribution in [0.2, 0.25) is 0 Å². The summed E-state index contributed by atoms with van der Waals surface area (Å²) in [6.07, 6.45) is 32.7. The van der Waals surface area contributed by atoms with Gasteiger partial charge in [0.25, 0.3) is 0 Å². The summed E-state index contributed by atoms with van der Waals surface area (Å²) >= 11 is 0. The number of nitrogens with zero attached hydrogens (tertiary/aromatic N) is 2. The summed E-state index contributed by atoms with van der Waals surface area (Å²) in [5.74, 6) is 1.66. The number of nitrogens with one attached hydrogen (secondary N) is 2. The van der Waals surface area contributed by atoms with Crippen LogP contribution in [0.25, 0.3) is 11.0 Å². The fourth-order valence-corrected chi connectivity index (χ4v) is 6.67. The van der Waals surface area contributed by atoms with Gasteiger partial charge in [-0.05, 0) is 57.0 Å². The van der Waals surface area contributed by atoms with Crippen molar-refractivity contribution in [2.45, 2.75) is 39.2 Å². The monoisotopic (exact) mass is 538 g/mol. The Morgan fingerprint density at radius 3 is 2.66 bits per heavy atom. The van der Waals surface area contributed by atoms with Crippen LogP contribution in [0, 0.1) is 11.8 Å². The van der Waals surface area contributed by atoms with E-state index in [0.29, 0.717) is 5.92 Å². The maximum absolute atomic E-state index is 5.23. The highest BCUT2D eigenvalue weighted by molar-refractivity contribution is 5.77. The normalized spacial score (nSPS) is 29.1. The van der Waals surface area contributed by atoms with Crippen molar-refractivity contribution in [2.75, 3.05) is 0 Å². The molecule has 4 unspecified atom stereocenters. The van der Waals surface area contributed by atoms with Crippen LogP contribution < -0.4 is 10.6 Å². The summed E-state index contributed by atoms with van der Waals surface area (Å²) < 4.78 is 2.47. The predicted molar refractivity (Wildman–Crippen MR) is 172 cm³/mol. The Morgan fingerprint density at radius 2 is 1.88 bits per heavy atom. The number of allylic oxidation sites excluding steroid dienone is 15. The van der Waals surface area contributed by atoms with Gasteiger partial charge in [0.05, 0.1) is 45.3 Å². The molecule has 1 aromatic heterocycles. The van der Waals surface area contributed by atoms with E-state index in [1.54, 1.807) is 0 Å². The van der Waals surface area contributed by atoms with Crippen molar-refractivity contribution >= 4 is 11.0 Å². The van der Waals surface area contributed by atoms with Crippen molar-refractivity contribution in [3.05, 3.63) is 162 Å². The lowest BCUT2D eigenvalue weighted by atomic mass is 9.61. The molecule has 2 aromatic rings. The Hall–Kier alpha value is -4.57. The molecular weight excluding hydrogens is 500 g/mol. The van der Waals surface area contributed by atoms with Crippen molar-refractivity contribution in [3.8, 4) is 0 Å². The Bertz CT molecular complexity index is 1710. The first kappa shape index (κ1) is 26.6. The average Bonchev–Trinajstić information content (AvgIpc) is 3.40. The van der Waals surface area contributed by atoms with Crippen LogP contribution in [0.3, 0.4) is 0 Å². The minimum atomic E-state index is -0.247. The van der Waals surface area contributed by atoms with E-state index in [0.717, 1.165) is 39.7 Å². The first-order chi connectivity index (χ1) is 20.0. The molecule has 0 saturated heterocycles. The average molecular weight is 539 g/mol. The van der Waals surface area contributed by atoms with E-state index in [1.807, 2.05) is 19.1 Å². The van der Waals surface area contributed by atoms with Crippen LogP contribution in [0.5, 0.6) is 0 Å². The van der Waals surface area contributed by atoms with Crippen LogP contribution in [-0.2, 0) is 5.41 Å². The van der Waals surface area contributed by atoms with Gasteiger partial charge < -0.3 is 15.2 Å². The molecule has 2 aliphatic carbocycles. The van der Waals surface area contributed by atoms with Gasteiger partial charge in [0, 0.05) is 11.8 Å². The van der Waals surface area contributed by atoms with E-state index >= 15 is 0 Å². The molecule has 2 N–H and O–H groups in total. The second-order valence-electron chi connectivity index (χ2n) is 11.1. The molecule has 0 radical (unpaired) electrons. The fraction of sp³-hybridized carbons (Fsp3) is 0.216. The van der Waals surface area contributed by atoms with Gasteiger partial charge in [-0.15, -0.1) is 0 Å². The Kier molecular flexibility index (Phi) is 7.00. The van der Waals surface area contributed by atoms with Gasteiger partial charge in [-0.2, -0.15) is 0 Å². The molecule has 4 atom stereocenters. The van der Waals surface area contributed by atoms with Gasteiger partial charge in [0.2, 0.25) is 0 Å². The van der Waals surface area contributed by atoms with Crippen LogP contribution >= 0.6 is 0 Å². The van der Waals surface area contributed by atoms with Crippen LogP contribution in [0.4, 0.5) is 0 Å². The van der Waals surface area contributed by atoms with Gasteiger partial charge in [-0.3, -0.25) is 0 Å². The van der Waals surface area contributed by atoms with E-state index in [-0.39, 0.29) is 17.4 Å². The van der Waals surface area contributed by atoms with E-state index in [2.05, 4.69) is 146 Å². The summed E-state index contributed by atoms with van der Waals surface area (Å²) in [4.78, 5) is 5.23. The Labute approximate surface area is 243 Å². The molecule has 0 fully saturated rings. The largest absolute Gasteiger partial charge is 0.352 e. The molecule has 4 nitrogen and oxygen atoms in total. The van der Waals surface area contributed by atoms with E-state index in [4.69, 9.17) is 4.98 Å². The molecule has 3 heterocycles. The summed E-state index contributed by atoms with van der Waals surface area (Å²) in [7, 11) is 0. The van der Waals surface area contributed by atoms with Crippen molar-refractivity contribution in [1.82, 2.24) is 20.2 Å². The highest BCUT2D eigenvalue weighted by atomic mass is 15.1. The molecule has 0 saturated carbocycles. The third kappa shape index (κ3) is 4.35. The summed E-state index contributed by atoms with van der Waals surface area (Å²) in [5, 5.41) is 7.52. The van der Waals surface area contributed by atoms with Gasteiger partial charge in [-0.25, -0.2) is 4.98 Å². The topological polar surface area (TPSA) is 41.9 Å². The summed E-state index contributed by atoms with van der Waals surface area (Å²) in [5.41, 5.74) is 8.42. The molecule has 41 heavy (non-hydrogen) atoms. The third-order valence-corrected chi connectivity index (χ3v) is 8.62. The zero-order chi connectivity index (χ0) is 28.6. The number of aromatic nitrogens is 2. The molecule has 0 amide bonds. The van der Waals surface area contributed by atoms with Crippen molar-refractivity contribution < 1.29 is 0 Å². The number of hydrogen-bond donors (Lipinski definition) is 2. The van der Waals surface area contributed by atoms with Crippen molar-refractivity contribution in [3.63, 3.8) is 0 Å². The lowest BCUT2D eigenvalue weighted by Crippen LogP contribution is -2.46. The number of hydrogen-bond acceptors (Lipinski definition) is 3. The smallest absolute Gasteiger partial charge is 0.120 e. The fourth-order valence-electron chi connectivity index (χ4n) is 6.67. The first-order valence-corrected chi connectivity index (χ1v) is 14.5. The molecule has 0 bridgehead atoms. The summed E-state index contributed by atoms with van der Waals surface area (Å²) in [6.45, 7) is 12.5. The maximum Gasteiger partial charge on any atom is 0.120 e. The maximum atomic E-state index is 5.23. The number of fused-ring (bicyclic) bond motifs is 8. The quantitative estimate of drug-likeness (QED) is 0.377. The van der Waals surface area contributed by atoms with E-state index in [1.165, 1.54) is 11.1 Å². The second-order valence-corrected chi connectivity index (χ2v) is 11.1. The highest BCUT2D eigenvalue weighted by Crippen LogP contribution is 2.53. The summed E-state index contributed by atoms with van der Waals surface area (Å²) in [6, 6.07) is 8.74. The third-order valence-electron chi connectivity index (χ3n) is 8.62. The molecular formula is C37H38N4. The van der Waals surface area contributed by atoms with Crippen LogP contribution in [0.1, 0.15) is 39.6 Å². The predicted octanol–water partition coefficient (Wildman–Crippen LogP) is 8.16. The minimum Gasteiger partial charge on any atom is -0.352 e. The number of rotatable bonds is 5. The van der Waals surface area contributed by atoms with Crippen LogP contribution in [-0.4, -0.2) is 9.55 Å². The van der Waals surface area contributed by atoms with Crippen molar-refractivity contribution in [2.24, 2.45) is 11.8 Å². The molecule has 2 aliphatic heterocycles. The van der Waals surface area contributed by atoms with Gasteiger partial charge in [0.1, 0.15) is 5.82 Å². The lowest BCUT2D eigenvalue weighted by Gasteiger charge is -2.48. The van der Waals surface area contributed by atoms with E-state index in [9.17, 15) is 0 Å². The Balaban J connectivity index is 1.55. The van der Waals surface area contributed by atoms with Gasteiger partial charge >= 0.3 is 0 Å².